The molecule has 1 amide bonds. The summed E-state index contributed by atoms with van der Waals surface area (Å²) in [4.78, 5) is 26.6. The van der Waals surface area contributed by atoms with E-state index >= 15 is 0 Å². The van der Waals surface area contributed by atoms with Crippen molar-refractivity contribution in [3.8, 4) is 0 Å². The number of aliphatic hydroxyl groups excluding tert-OH is 1. The molecule has 3 rings (SSSR count). The van der Waals surface area contributed by atoms with Crippen LogP contribution in [0.2, 0.25) is 0 Å². The van der Waals surface area contributed by atoms with Gasteiger partial charge in [-0.3, -0.25) is 9.59 Å². The van der Waals surface area contributed by atoms with E-state index in [4.69, 9.17) is 5.73 Å². The van der Waals surface area contributed by atoms with E-state index in [-0.39, 0.29) is 23.9 Å². The predicted molar refractivity (Wildman–Crippen MR) is 95.5 cm³/mol. The number of carbonyl (C=O) groups is 2. The summed E-state index contributed by atoms with van der Waals surface area (Å²) in [5.74, 6) is -1.49. The van der Waals surface area contributed by atoms with Crippen LogP contribution in [-0.2, 0) is 9.59 Å². The standard InChI is InChI=1S/C20H20N2O3/c1-13(21)12-22-17(14-8-4-2-5-9-14)16(19(24)20(22)25)18(23)15-10-6-3-7-11-15/h2-11,13,17,23H,12,21H2,1H3/b18-16-. The molecule has 2 aromatic carbocycles. The lowest BCUT2D eigenvalue weighted by molar-refractivity contribution is -0.140. The third-order valence-electron chi connectivity index (χ3n) is 4.19. The second kappa shape index (κ2) is 6.91. The fourth-order valence-electron chi connectivity index (χ4n) is 3.11. The molecule has 2 aromatic rings. The fraction of sp³-hybridized carbons (Fsp3) is 0.200. The van der Waals surface area contributed by atoms with Gasteiger partial charge in [0, 0.05) is 18.2 Å². The highest BCUT2D eigenvalue weighted by molar-refractivity contribution is 6.46. The summed E-state index contributed by atoms with van der Waals surface area (Å²) >= 11 is 0. The quantitative estimate of drug-likeness (QED) is 0.510. The number of nitrogens with zero attached hydrogens (tertiary/aromatic N) is 1. The van der Waals surface area contributed by atoms with Crippen LogP contribution in [0.15, 0.2) is 66.2 Å². The summed E-state index contributed by atoms with van der Waals surface area (Å²) in [6.07, 6.45) is 0. The van der Waals surface area contributed by atoms with Crippen molar-refractivity contribution in [2.24, 2.45) is 5.73 Å². The number of benzene rings is 2. The van der Waals surface area contributed by atoms with Gasteiger partial charge in [-0.2, -0.15) is 0 Å². The van der Waals surface area contributed by atoms with Gasteiger partial charge in [0.15, 0.2) is 0 Å². The van der Waals surface area contributed by atoms with Crippen LogP contribution >= 0.6 is 0 Å². The maximum absolute atomic E-state index is 12.6. The zero-order valence-electron chi connectivity index (χ0n) is 13.9. The molecule has 3 N–H and O–H groups in total. The Bertz CT molecular complexity index is 813. The van der Waals surface area contributed by atoms with Gasteiger partial charge in [0.1, 0.15) is 5.76 Å². The van der Waals surface area contributed by atoms with Crippen LogP contribution in [-0.4, -0.2) is 34.3 Å². The molecule has 5 nitrogen and oxygen atoms in total. The van der Waals surface area contributed by atoms with Crippen molar-refractivity contribution in [2.75, 3.05) is 6.54 Å². The molecule has 2 unspecified atom stereocenters. The second-order valence-electron chi connectivity index (χ2n) is 6.21. The van der Waals surface area contributed by atoms with Crippen molar-refractivity contribution in [3.63, 3.8) is 0 Å². The van der Waals surface area contributed by atoms with E-state index in [0.717, 1.165) is 5.56 Å². The molecule has 25 heavy (non-hydrogen) atoms. The maximum atomic E-state index is 12.6. The van der Waals surface area contributed by atoms with E-state index in [1.54, 1.807) is 31.2 Å². The van der Waals surface area contributed by atoms with Crippen LogP contribution in [0.1, 0.15) is 24.1 Å². The summed E-state index contributed by atoms with van der Waals surface area (Å²) in [6.45, 7) is 2.01. The Morgan fingerprint density at radius 3 is 2.20 bits per heavy atom. The highest BCUT2D eigenvalue weighted by Crippen LogP contribution is 2.39. The van der Waals surface area contributed by atoms with E-state index in [1.165, 1.54) is 4.90 Å². The molecular weight excluding hydrogens is 316 g/mol. The van der Waals surface area contributed by atoms with Gasteiger partial charge in [-0.1, -0.05) is 60.7 Å². The highest BCUT2D eigenvalue weighted by Gasteiger charge is 2.46. The molecule has 1 fully saturated rings. The lowest BCUT2D eigenvalue weighted by Gasteiger charge is -2.26. The molecule has 1 heterocycles. The number of carbonyl (C=O) groups excluding carboxylic acids is 2. The summed E-state index contributed by atoms with van der Waals surface area (Å²) in [5.41, 5.74) is 7.23. The first-order chi connectivity index (χ1) is 12.0. The molecule has 1 aliphatic heterocycles. The zero-order valence-corrected chi connectivity index (χ0v) is 13.9. The molecule has 1 aliphatic rings. The van der Waals surface area contributed by atoms with Gasteiger partial charge < -0.3 is 15.7 Å². The maximum Gasteiger partial charge on any atom is 0.295 e. The largest absolute Gasteiger partial charge is 0.507 e. The van der Waals surface area contributed by atoms with Gasteiger partial charge in [-0.25, -0.2) is 0 Å². The van der Waals surface area contributed by atoms with E-state index in [2.05, 4.69) is 0 Å². The molecular formula is C20H20N2O3. The van der Waals surface area contributed by atoms with Crippen molar-refractivity contribution in [1.29, 1.82) is 0 Å². The summed E-state index contributed by atoms with van der Waals surface area (Å²) < 4.78 is 0. The molecule has 0 aromatic heterocycles. The third kappa shape index (κ3) is 3.19. The number of nitrogens with two attached hydrogens (primary N) is 1. The van der Waals surface area contributed by atoms with Crippen molar-refractivity contribution in [2.45, 2.75) is 19.0 Å². The molecule has 1 saturated heterocycles. The number of hydrogen-bond acceptors (Lipinski definition) is 4. The van der Waals surface area contributed by atoms with Crippen molar-refractivity contribution in [1.82, 2.24) is 4.90 Å². The Labute approximate surface area is 146 Å². The predicted octanol–water partition coefficient (Wildman–Crippen LogP) is 2.46. The zero-order chi connectivity index (χ0) is 18.0. The molecule has 0 bridgehead atoms. The van der Waals surface area contributed by atoms with Crippen LogP contribution < -0.4 is 5.73 Å². The number of Topliss-reactive ketones (excluding diaryl/α,β-unsaturated/α-hetero) is 1. The Morgan fingerprint density at radius 2 is 1.64 bits per heavy atom. The van der Waals surface area contributed by atoms with E-state index in [9.17, 15) is 14.7 Å². The number of aliphatic hydroxyl groups is 1. The Kier molecular flexibility index (Phi) is 4.67. The van der Waals surface area contributed by atoms with Gasteiger partial charge in [0.25, 0.3) is 11.7 Å². The first-order valence-electron chi connectivity index (χ1n) is 8.15. The first-order valence-corrected chi connectivity index (χ1v) is 8.15. The fourth-order valence-corrected chi connectivity index (χ4v) is 3.11. The van der Waals surface area contributed by atoms with Gasteiger partial charge in [0.05, 0.1) is 11.6 Å². The SMILES string of the molecule is CC(N)CN1C(=O)C(=O)/C(=C(\O)c2ccccc2)C1c1ccccc1. The molecule has 128 valence electrons. The van der Waals surface area contributed by atoms with Gasteiger partial charge >= 0.3 is 0 Å². The average molecular weight is 336 g/mol. The van der Waals surface area contributed by atoms with Crippen LogP contribution in [0.3, 0.4) is 0 Å². The van der Waals surface area contributed by atoms with Crippen molar-refractivity contribution < 1.29 is 14.7 Å². The minimum Gasteiger partial charge on any atom is -0.507 e. The molecule has 2 atom stereocenters. The summed E-state index contributed by atoms with van der Waals surface area (Å²) in [7, 11) is 0. The van der Waals surface area contributed by atoms with Gasteiger partial charge in [-0.05, 0) is 12.5 Å². The normalized spacial score (nSPS) is 20.7. The van der Waals surface area contributed by atoms with Crippen LogP contribution in [0, 0.1) is 0 Å². The Morgan fingerprint density at radius 1 is 1.08 bits per heavy atom. The van der Waals surface area contributed by atoms with E-state index in [1.807, 2.05) is 36.4 Å². The summed E-state index contributed by atoms with van der Waals surface area (Å²) in [6, 6.07) is 17.0. The monoisotopic (exact) mass is 336 g/mol. The minimum absolute atomic E-state index is 0.100. The lowest BCUT2D eigenvalue weighted by atomic mass is 9.95. The second-order valence-corrected chi connectivity index (χ2v) is 6.21. The summed E-state index contributed by atoms with van der Waals surface area (Å²) in [5, 5.41) is 10.7. The van der Waals surface area contributed by atoms with E-state index in [0.29, 0.717) is 5.56 Å². The first kappa shape index (κ1) is 16.9. The minimum atomic E-state index is -0.684. The smallest absolute Gasteiger partial charge is 0.295 e. The highest BCUT2D eigenvalue weighted by atomic mass is 16.3. The topological polar surface area (TPSA) is 83.6 Å². The number of likely N-dealkylation sites (tertiary alicyclic amines) is 1. The molecule has 5 heteroatoms. The lowest BCUT2D eigenvalue weighted by Crippen LogP contribution is -2.38. The number of rotatable bonds is 4. The molecule has 0 aliphatic carbocycles. The Balaban J connectivity index is 2.18. The molecule has 0 spiro atoms. The number of amides is 1. The molecule has 0 radical (unpaired) electrons. The van der Waals surface area contributed by atoms with Crippen molar-refractivity contribution in [3.05, 3.63) is 77.4 Å². The average Bonchev–Trinajstić information content (AvgIpc) is 2.87. The van der Waals surface area contributed by atoms with E-state index < -0.39 is 17.7 Å². The van der Waals surface area contributed by atoms with Gasteiger partial charge in [0.2, 0.25) is 0 Å². The molecule has 0 saturated carbocycles. The van der Waals surface area contributed by atoms with Crippen LogP contribution in [0.25, 0.3) is 5.76 Å². The van der Waals surface area contributed by atoms with Gasteiger partial charge in [-0.15, -0.1) is 0 Å². The van der Waals surface area contributed by atoms with Crippen LogP contribution in [0.4, 0.5) is 0 Å². The third-order valence-corrected chi connectivity index (χ3v) is 4.19. The number of hydrogen-bond donors (Lipinski definition) is 2. The van der Waals surface area contributed by atoms with Crippen LogP contribution in [0.5, 0.6) is 0 Å². The Hall–Kier alpha value is -2.92. The van der Waals surface area contributed by atoms with Crippen molar-refractivity contribution >= 4 is 17.4 Å². The number of ketones is 1.